The molecule has 0 amide bonds. The number of carbonyl (C=O) groups excluding carboxylic acids is 4. The Kier molecular flexibility index (Phi) is 28.2. The van der Waals surface area contributed by atoms with E-state index in [4.69, 9.17) is 10.2 Å². The maximum atomic E-state index is 10.5. The van der Waals surface area contributed by atoms with E-state index in [1.807, 2.05) is 0 Å². The van der Waals surface area contributed by atoms with Crippen LogP contribution in [0.25, 0.3) is 0 Å². The van der Waals surface area contributed by atoms with Crippen LogP contribution in [0.5, 0.6) is 0 Å². The van der Waals surface area contributed by atoms with Crippen molar-refractivity contribution >= 4 is 127 Å². The van der Waals surface area contributed by atoms with Gasteiger partial charge in [-0.05, 0) is 0 Å². The molecule has 102 valence electrons. The van der Waals surface area contributed by atoms with E-state index in [-0.39, 0.29) is 134 Å². The van der Waals surface area contributed by atoms with E-state index >= 15 is 0 Å². The van der Waals surface area contributed by atoms with Crippen molar-refractivity contribution in [1.82, 2.24) is 0 Å². The summed E-state index contributed by atoms with van der Waals surface area (Å²) in [5, 5.41) is 15.9. The molecule has 0 spiro atoms. The molecule has 0 fully saturated rings. The van der Waals surface area contributed by atoms with Gasteiger partial charge in [0.1, 0.15) is 0 Å². The van der Waals surface area contributed by atoms with Crippen molar-refractivity contribution in [1.29, 1.82) is 0 Å². The average Bonchev–Trinajstić information content (AvgIpc) is 2.16. The van der Waals surface area contributed by atoms with E-state index in [0.717, 1.165) is 0 Å². The molecule has 0 aromatic rings. The predicted molar refractivity (Wildman–Crippen MR) is 54.6 cm³/mol. The van der Waals surface area contributed by atoms with E-state index in [0.29, 0.717) is 0 Å². The first-order valence-electron chi connectivity index (χ1n) is 3.24. The fourth-order valence-electron chi connectivity index (χ4n) is 0.339. The van der Waals surface area contributed by atoms with Crippen LogP contribution in [-0.2, 0) is 81.7 Å². The quantitative estimate of drug-likeness (QED) is 0.141. The molecule has 0 saturated heterocycles. The first-order valence-corrected chi connectivity index (χ1v) is 3.24. The van der Waals surface area contributed by atoms with E-state index in [1.54, 1.807) is 0 Å². The summed E-state index contributed by atoms with van der Waals surface area (Å²) in [6, 6.07) is 0. The topological polar surface area (TPSA) is 161 Å². The van der Waals surface area contributed by atoms with Crippen LogP contribution in [0.3, 0.4) is 0 Å². The third-order valence-electron chi connectivity index (χ3n) is 0.887. The van der Waals surface area contributed by atoms with Crippen molar-refractivity contribution in [2.24, 2.45) is 0 Å². The summed E-state index contributed by atoms with van der Waals surface area (Å²) in [6.45, 7) is 0. The average molecular weight is 509 g/mol. The van der Waals surface area contributed by atoms with Crippen LogP contribution in [0.4, 0.5) is 0 Å². The Morgan fingerprint density at radius 2 is 0.750 bits per heavy atom. The van der Waals surface area contributed by atoms with E-state index < -0.39 is 35.8 Å². The van der Waals surface area contributed by atoms with Crippen LogP contribution in [0, 0.1) is 0 Å². The molecule has 0 heterocycles. The molecular formula is C6H6O10Sr2Ti2. The van der Waals surface area contributed by atoms with E-state index in [9.17, 15) is 28.8 Å². The zero-order valence-corrected chi connectivity index (χ0v) is 11.3. The molecule has 0 aliphatic carbocycles. The minimum absolute atomic E-state index is 0. The van der Waals surface area contributed by atoms with Gasteiger partial charge in [-0.1, -0.05) is 0 Å². The second-order valence-electron chi connectivity index (χ2n) is 1.96. The van der Waals surface area contributed by atoms with Crippen LogP contribution in [0.1, 0.15) is 0 Å². The Bertz CT molecular complexity index is 371. The Morgan fingerprint density at radius 3 is 0.900 bits per heavy atom. The molecule has 20 heavy (non-hydrogen) atoms. The molecule has 0 bridgehead atoms. The number of rotatable bonds is 0. The molecule has 0 aromatic carbocycles. The number of aliphatic carboxylic acids is 2. The van der Waals surface area contributed by atoms with Gasteiger partial charge in [0.2, 0.25) is 0 Å². The van der Waals surface area contributed by atoms with Crippen LogP contribution < -0.4 is 0 Å². The van der Waals surface area contributed by atoms with Crippen molar-refractivity contribution in [3.8, 4) is 0 Å². The summed E-state index contributed by atoms with van der Waals surface area (Å²) in [7, 11) is 0. The molecule has 2 N–H and O–H groups in total. The molecule has 0 unspecified atom stereocenters. The number of ether oxygens (including phenoxy) is 2. The maximum absolute atomic E-state index is 10.5. The van der Waals surface area contributed by atoms with Crippen molar-refractivity contribution in [2.75, 3.05) is 0 Å². The maximum Gasteiger partial charge on any atom is 0 e. The van der Waals surface area contributed by atoms with Gasteiger partial charge in [-0.2, -0.15) is 0 Å². The molecule has 0 aliphatic heterocycles. The van der Waals surface area contributed by atoms with Gasteiger partial charge in [0.25, 0.3) is 0 Å². The molecule has 0 aromatic heterocycles. The minimum atomic E-state index is -2.16. The summed E-state index contributed by atoms with van der Waals surface area (Å²) in [5.41, 5.74) is 0. The Labute approximate surface area is 214 Å². The number of esters is 4. The summed E-state index contributed by atoms with van der Waals surface area (Å²) >= 11 is 0. The zero-order chi connectivity index (χ0) is 12.9. The van der Waals surface area contributed by atoms with Crippen molar-refractivity contribution in [3.63, 3.8) is 0 Å². The number of hydrogen-bond donors (Lipinski definition) is 2. The summed E-state index contributed by atoms with van der Waals surface area (Å²) in [4.78, 5) is 61.1. The number of carbonyl (C=O) groups is 6. The largest absolute Gasteiger partial charge is 0 e. The SMILES string of the molecule is O=C(O)C(=O)OC(=O)C(=O)OC(=O)C(=O)O.[SrH2].[SrH2].[Ti].[Ti]. The predicted octanol–water partition coefficient (Wildman–Crippen LogP) is -4.54. The van der Waals surface area contributed by atoms with Crippen LogP contribution in [0.2, 0.25) is 0 Å². The number of carboxylic acid groups (broad SMARTS) is 2. The second kappa shape index (κ2) is 17.0. The minimum Gasteiger partial charge on any atom is 0 e. The third kappa shape index (κ3) is 14.5. The van der Waals surface area contributed by atoms with Gasteiger partial charge in [0, 0.05) is 43.4 Å². The number of hydrogen-bond acceptors (Lipinski definition) is 8. The van der Waals surface area contributed by atoms with Gasteiger partial charge in [-0.15, -0.1) is 0 Å². The third-order valence-corrected chi connectivity index (χ3v) is 0.887. The zero-order valence-electron chi connectivity index (χ0n) is 8.16. The van der Waals surface area contributed by atoms with E-state index in [1.165, 1.54) is 0 Å². The van der Waals surface area contributed by atoms with Crippen molar-refractivity contribution in [2.45, 2.75) is 0 Å². The van der Waals surface area contributed by atoms with Crippen LogP contribution in [0.15, 0.2) is 0 Å². The normalized spacial score (nSPS) is 7.00. The molecule has 0 aliphatic rings. The van der Waals surface area contributed by atoms with Gasteiger partial charge in [0.05, 0.1) is 0 Å². The first-order chi connectivity index (χ1) is 7.25. The van der Waals surface area contributed by atoms with Gasteiger partial charge >= 0.3 is 127 Å². The second-order valence-corrected chi connectivity index (χ2v) is 1.96. The van der Waals surface area contributed by atoms with Gasteiger partial charge in [-0.25, -0.2) is 28.8 Å². The van der Waals surface area contributed by atoms with Gasteiger partial charge < -0.3 is 19.7 Å². The Morgan fingerprint density at radius 1 is 0.550 bits per heavy atom. The summed E-state index contributed by atoms with van der Waals surface area (Å²) < 4.78 is 6.71. The smallest absolute Gasteiger partial charge is 0 e. The molecular weight excluding hydrogens is 503 g/mol. The monoisotopic (exact) mass is 510 g/mol. The number of carboxylic acids is 2. The van der Waals surface area contributed by atoms with E-state index in [2.05, 4.69) is 9.47 Å². The van der Waals surface area contributed by atoms with Crippen molar-refractivity contribution in [3.05, 3.63) is 0 Å². The van der Waals surface area contributed by atoms with Crippen LogP contribution in [-0.4, -0.2) is 137 Å². The standard InChI is InChI=1S/C6H2O10.2Sr.2Ti.4H/c7-1(8)3(11)15-5(13)6(14)16-4(12)2(9)10;;;;;;;;/h(H,7,8)(H,9,10);;;;;;;;. The van der Waals surface area contributed by atoms with Gasteiger partial charge in [-0.3, -0.25) is 0 Å². The fraction of sp³-hybridized carbons (Fsp3) is 0. The Hall–Kier alpha value is 1.61. The first kappa shape index (κ1) is 33.3. The summed E-state index contributed by atoms with van der Waals surface area (Å²) in [5.74, 6) is -12.7. The fourth-order valence-corrected chi connectivity index (χ4v) is 0.339. The Balaban J connectivity index is -0.000000187. The molecule has 10 nitrogen and oxygen atoms in total. The molecule has 0 atom stereocenters. The molecule has 0 saturated carbocycles. The molecule has 14 heteroatoms. The molecule has 0 rings (SSSR count). The molecule has 0 radical (unpaired) electrons. The van der Waals surface area contributed by atoms with Gasteiger partial charge in [0.15, 0.2) is 0 Å². The summed E-state index contributed by atoms with van der Waals surface area (Å²) in [6.07, 6.45) is 0. The van der Waals surface area contributed by atoms with Crippen molar-refractivity contribution < 1.29 is 91.9 Å². The van der Waals surface area contributed by atoms with Crippen LogP contribution >= 0.6 is 0 Å².